The van der Waals surface area contributed by atoms with Gasteiger partial charge in [-0.2, -0.15) is 5.10 Å². The van der Waals surface area contributed by atoms with Crippen LogP contribution in [-0.2, 0) is 21.2 Å². The quantitative estimate of drug-likeness (QED) is 0.731. The van der Waals surface area contributed by atoms with Crippen molar-refractivity contribution in [1.29, 1.82) is 0 Å². The van der Waals surface area contributed by atoms with Crippen LogP contribution in [0.1, 0.15) is 5.56 Å². The molecule has 118 valence electrons. The summed E-state index contributed by atoms with van der Waals surface area (Å²) >= 11 is 0. The van der Waals surface area contributed by atoms with E-state index in [0.717, 1.165) is 10.9 Å². The number of rotatable bonds is 4. The normalized spacial score (nSPS) is 11.7. The summed E-state index contributed by atoms with van der Waals surface area (Å²) in [5.41, 5.74) is 6.67. The Hall–Kier alpha value is -2.71. The molecule has 23 heavy (non-hydrogen) atoms. The van der Waals surface area contributed by atoms with E-state index in [-0.39, 0.29) is 11.3 Å². The average Bonchev–Trinajstić information content (AvgIpc) is 2.89. The van der Waals surface area contributed by atoms with Gasteiger partial charge in [0.2, 0.25) is 15.9 Å². The number of hydrogen-bond donors (Lipinski definition) is 2. The van der Waals surface area contributed by atoms with E-state index in [2.05, 4.69) is 5.10 Å². The summed E-state index contributed by atoms with van der Waals surface area (Å²) in [4.78, 5) is 10.9. The van der Waals surface area contributed by atoms with E-state index in [9.17, 15) is 13.2 Å². The fraction of sp³-hybridized carbons (Fsp3) is 0.0667. The number of aromatic nitrogens is 2. The number of hydrogen-bond acceptors (Lipinski definition) is 4. The first-order valence-corrected chi connectivity index (χ1v) is 8.28. The van der Waals surface area contributed by atoms with Crippen LogP contribution in [0.4, 0.5) is 0 Å². The number of primary sulfonamides is 1. The van der Waals surface area contributed by atoms with Crippen molar-refractivity contribution >= 4 is 26.8 Å². The van der Waals surface area contributed by atoms with Crippen molar-refractivity contribution in [3.05, 3.63) is 54.2 Å². The second kappa shape index (κ2) is 5.49. The number of nitrogens with zero attached hydrogens (tertiary/aromatic N) is 2. The van der Waals surface area contributed by atoms with Crippen molar-refractivity contribution < 1.29 is 13.2 Å². The zero-order chi connectivity index (χ0) is 16.6. The van der Waals surface area contributed by atoms with Gasteiger partial charge in [0.1, 0.15) is 4.90 Å². The molecule has 3 rings (SSSR count). The van der Waals surface area contributed by atoms with Gasteiger partial charge < -0.3 is 5.73 Å². The van der Waals surface area contributed by atoms with Crippen molar-refractivity contribution in [1.82, 2.24) is 9.78 Å². The van der Waals surface area contributed by atoms with E-state index in [1.54, 1.807) is 18.3 Å². The number of nitrogens with two attached hydrogens (primary N) is 2. The lowest BCUT2D eigenvalue weighted by atomic mass is 10.1. The smallest absolute Gasteiger partial charge is 0.240 e. The number of amides is 1. The highest BCUT2D eigenvalue weighted by Crippen LogP contribution is 2.23. The number of sulfonamides is 1. The zero-order valence-corrected chi connectivity index (χ0v) is 12.8. The van der Waals surface area contributed by atoms with E-state index < -0.39 is 15.9 Å². The molecule has 0 atom stereocenters. The van der Waals surface area contributed by atoms with Gasteiger partial charge in [0.25, 0.3) is 0 Å². The highest BCUT2D eigenvalue weighted by Gasteiger charge is 2.18. The van der Waals surface area contributed by atoms with Crippen LogP contribution in [0.2, 0.25) is 0 Å². The molecule has 0 unspecified atom stereocenters. The second-order valence-electron chi connectivity index (χ2n) is 5.12. The number of primary amides is 1. The summed E-state index contributed by atoms with van der Waals surface area (Å²) in [6.07, 6.45) is 1.65. The zero-order valence-electron chi connectivity index (χ0n) is 12.0. The largest absolute Gasteiger partial charge is 0.369 e. The molecule has 0 aliphatic heterocycles. The highest BCUT2D eigenvalue weighted by molar-refractivity contribution is 7.89. The average molecular weight is 330 g/mol. The maximum absolute atomic E-state index is 11.9. The molecule has 0 aliphatic rings. The van der Waals surface area contributed by atoms with Crippen LogP contribution in [0.15, 0.2) is 53.6 Å². The standard InChI is InChI=1S/C15H14N4O3S/c16-15(20)8-10-5-6-13(14(7-10)23(17,21)22)19-9-11-3-1-2-4-12(11)18-19/h1-7,9H,8H2,(H2,16,20)(H2,17,21,22). The fourth-order valence-electron chi connectivity index (χ4n) is 2.37. The highest BCUT2D eigenvalue weighted by atomic mass is 32.2. The molecule has 0 spiro atoms. The van der Waals surface area contributed by atoms with Crippen LogP contribution >= 0.6 is 0 Å². The van der Waals surface area contributed by atoms with Crippen LogP contribution in [-0.4, -0.2) is 24.1 Å². The van der Waals surface area contributed by atoms with Gasteiger partial charge in [-0.25, -0.2) is 18.2 Å². The first-order chi connectivity index (χ1) is 10.8. The van der Waals surface area contributed by atoms with Gasteiger partial charge in [-0.3, -0.25) is 4.79 Å². The number of benzene rings is 2. The molecule has 7 nitrogen and oxygen atoms in total. The molecule has 8 heteroatoms. The third-order valence-electron chi connectivity index (χ3n) is 3.37. The molecule has 3 aromatic rings. The predicted octanol–water partition coefficient (Wildman–Crippen LogP) is 0.701. The number of carbonyl (C=O) groups is 1. The topological polar surface area (TPSA) is 121 Å². The third-order valence-corrected chi connectivity index (χ3v) is 4.31. The second-order valence-corrected chi connectivity index (χ2v) is 6.65. The molecule has 0 fully saturated rings. The molecule has 1 aromatic heterocycles. The molecular formula is C15H14N4O3S. The molecule has 0 saturated carbocycles. The Bertz CT molecular complexity index is 975. The van der Waals surface area contributed by atoms with Gasteiger partial charge >= 0.3 is 0 Å². The monoisotopic (exact) mass is 330 g/mol. The van der Waals surface area contributed by atoms with Crippen LogP contribution in [0.5, 0.6) is 0 Å². The van der Waals surface area contributed by atoms with E-state index in [1.807, 2.05) is 24.3 Å². The summed E-state index contributed by atoms with van der Waals surface area (Å²) in [6, 6.07) is 11.9. The lowest BCUT2D eigenvalue weighted by molar-refractivity contribution is -0.117. The minimum Gasteiger partial charge on any atom is -0.369 e. The predicted molar refractivity (Wildman–Crippen MR) is 85.3 cm³/mol. The van der Waals surface area contributed by atoms with Gasteiger partial charge in [0.05, 0.1) is 17.6 Å². The Labute approximate surface area is 132 Å². The summed E-state index contributed by atoms with van der Waals surface area (Å²) < 4.78 is 25.3. The molecule has 1 heterocycles. The van der Waals surface area contributed by atoms with E-state index in [1.165, 1.54) is 10.7 Å². The first-order valence-electron chi connectivity index (χ1n) is 6.73. The minimum absolute atomic E-state index is 0.0656. The van der Waals surface area contributed by atoms with E-state index in [4.69, 9.17) is 10.9 Å². The molecule has 1 amide bonds. The van der Waals surface area contributed by atoms with Crippen molar-refractivity contribution in [2.24, 2.45) is 10.9 Å². The molecule has 2 aromatic carbocycles. The van der Waals surface area contributed by atoms with Gasteiger partial charge in [0, 0.05) is 11.6 Å². The first kappa shape index (κ1) is 15.2. The van der Waals surface area contributed by atoms with Crippen molar-refractivity contribution in [2.75, 3.05) is 0 Å². The SMILES string of the molecule is NC(=O)Cc1ccc(-n2cc3ccccc3n2)c(S(N)(=O)=O)c1. The fourth-order valence-corrected chi connectivity index (χ4v) is 3.14. The molecular weight excluding hydrogens is 316 g/mol. The van der Waals surface area contributed by atoms with Gasteiger partial charge in [0.15, 0.2) is 0 Å². The van der Waals surface area contributed by atoms with Crippen LogP contribution in [0.3, 0.4) is 0 Å². The Morgan fingerprint density at radius 2 is 1.91 bits per heavy atom. The Morgan fingerprint density at radius 1 is 1.17 bits per heavy atom. The summed E-state index contributed by atoms with van der Waals surface area (Å²) in [7, 11) is -3.99. The molecule has 0 aliphatic carbocycles. The number of carbonyl (C=O) groups excluding carboxylic acids is 1. The summed E-state index contributed by atoms with van der Waals surface area (Å²) in [5, 5.41) is 10.5. The van der Waals surface area contributed by atoms with Crippen molar-refractivity contribution in [3.8, 4) is 5.69 Å². The van der Waals surface area contributed by atoms with E-state index in [0.29, 0.717) is 11.3 Å². The van der Waals surface area contributed by atoms with Crippen molar-refractivity contribution in [3.63, 3.8) is 0 Å². The lowest BCUT2D eigenvalue weighted by Crippen LogP contribution is -2.18. The maximum atomic E-state index is 11.9. The van der Waals surface area contributed by atoms with Crippen LogP contribution in [0.25, 0.3) is 16.6 Å². The molecule has 0 bridgehead atoms. The summed E-state index contributed by atoms with van der Waals surface area (Å²) in [5.74, 6) is -0.553. The maximum Gasteiger partial charge on any atom is 0.240 e. The van der Waals surface area contributed by atoms with Gasteiger partial charge in [-0.15, -0.1) is 0 Å². The van der Waals surface area contributed by atoms with Gasteiger partial charge in [-0.05, 0) is 23.8 Å². The third kappa shape index (κ3) is 3.08. The Kier molecular flexibility index (Phi) is 3.63. The molecule has 0 saturated heterocycles. The Morgan fingerprint density at radius 3 is 2.57 bits per heavy atom. The minimum atomic E-state index is -3.99. The van der Waals surface area contributed by atoms with Crippen molar-refractivity contribution in [2.45, 2.75) is 11.3 Å². The number of fused-ring (bicyclic) bond motifs is 1. The lowest BCUT2D eigenvalue weighted by Gasteiger charge is -2.09. The molecule has 0 radical (unpaired) electrons. The molecule has 4 N–H and O–H groups in total. The van der Waals surface area contributed by atoms with Crippen LogP contribution < -0.4 is 10.9 Å². The van der Waals surface area contributed by atoms with Crippen LogP contribution in [0, 0.1) is 0 Å². The van der Waals surface area contributed by atoms with Gasteiger partial charge in [-0.1, -0.05) is 24.3 Å². The summed E-state index contributed by atoms with van der Waals surface area (Å²) in [6.45, 7) is 0. The van der Waals surface area contributed by atoms with E-state index >= 15 is 0 Å². The Balaban J connectivity index is 2.19.